The molecule has 0 spiro atoms. The van der Waals surface area contributed by atoms with E-state index in [0.717, 1.165) is 16.7 Å². The third-order valence-corrected chi connectivity index (χ3v) is 6.57. The van der Waals surface area contributed by atoms with E-state index in [0.29, 0.717) is 17.7 Å². The molecule has 0 bridgehead atoms. The molecule has 0 fully saturated rings. The zero-order chi connectivity index (χ0) is 28.6. The molecule has 2 aromatic carbocycles. The van der Waals surface area contributed by atoms with Gasteiger partial charge in [-0.2, -0.15) is 12.6 Å². The highest BCUT2D eigenvalue weighted by Crippen LogP contribution is 2.30. The van der Waals surface area contributed by atoms with Gasteiger partial charge in [0.15, 0.2) is 0 Å². The molecule has 0 aliphatic heterocycles. The van der Waals surface area contributed by atoms with Crippen LogP contribution in [0.5, 0.6) is 0 Å². The first-order valence-corrected chi connectivity index (χ1v) is 13.5. The number of alkyl carbamates (subject to hydrolysis) is 1. The first-order valence-electron chi connectivity index (χ1n) is 12.8. The van der Waals surface area contributed by atoms with Crippen LogP contribution >= 0.6 is 12.6 Å². The first-order chi connectivity index (χ1) is 17.8. The quantitative estimate of drug-likeness (QED) is 0.320. The fourth-order valence-corrected chi connectivity index (χ4v) is 4.36. The van der Waals surface area contributed by atoms with E-state index in [-0.39, 0.29) is 17.7 Å². The molecule has 7 nitrogen and oxygen atoms in total. The molecule has 8 heteroatoms. The molecule has 0 saturated carbocycles. The minimum absolute atomic E-state index is 0.0307. The third kappa shape index (κ3) is 8.12. The molecular weight excluding hydrogens is 498 g/mol. The zero-order valence-corrected chi connectivity index (χ0v) is 24.4. The summed E-state index contributed by atoms with van der Waals surface area (Å²) < 4.78 is 5.37. The lowest BCUT2D eigenvalue weighted by Gasteiger charge is -2.38. The average Bonchev–Trinajstić information content (AvgIpc) is 2.86. The van der Waals surface area contributed by atoms with Gasteiger partial charge in [0.1, 0.15) is 17.7 Å². The van der Waals surface area contributed by atoms with Gasteiger partial charge >= 0.3 is 6.09 Å². The number of ether oxygens (including phenoxy) is 1. The standard InChI is InChI=1S/C30H41N3O4S/c1-9-21(5)33(28(35)24(18-38)31-29(36)37-30(6,7)8)26(23-16-12-15-22(10-2)17-23)27(34)32-25-19(3)13-11-14-20(25)4/h10-17,21,24,26,38H,2,9,18H2,1,3-8H3,(H,31,36)(H,32,34). The van der Waals surface area contributed by atoms with Crippen LogP contribution in [0.3, 0.4) is 0 Å². The van der Waals surface area contributed by atoms with E-state index in [1.165, 1.54) is 0 Å². The van der Waals surface area contributed by atoms with Crippen molar-refractivity contribution in [3.05, 3.63) is 71.3 Å². The molecule has 38 heavy (non-hydrogen) atoms. The second kappa shape index (κ2) is 13.5. The minimum Gasteiger partial charge on any atom is -0.444 e. The summed E-state index contributed by atoms with van der Waals surface area (Å²) in [5.41, 5.74) is 3.26. The van der Waals surface area contributed by atoms with Gasteiger partial charge in [-0.1, -0.05) is 56.0 Å². The molecule has 0 aromatic heterocycles. The summed E-state index contributed by atoms with van der Waals surface area (Å²) in [6.45, 7) is 16.8. The lowest BCUT2D eigenvalue weighted by Crippen LogP contribution is -2.55. The second-order valence-electron chi connectivity index (χ2n) is 10.4. The van der Waals surface area contributed by atoms with Crippen molar-refractivity contribution in [3.8, 4) is 0 Å². The van der Waals surface area contributed by atoms with Crippen molar-refractivity contribution in [1.82, 2.24) is 10.2 Å². The first kappa shape index (κ1) is 31.0. The largest absolute Gasteiger partial charge is 0.444 e. The van der Waals surface area contributed by atoms with Crippen LogP contribution < -0.4 is 10.6 Å². The van der Waals surface area contributed by atoms with Gasteiger partial charge < -0.3 is 20.3 Å². The number of nitrogens with one attached hydrogen (secondary N) is 2. The van der Waals surface area contributed by atoms with Gasteiger partial charge in [-0.05, 0) is 76.3 Å². The predicted octanol–water partition coefficient (Wildman–Crippen LogP) is 6.08. The normalized spacial score (nSPS) is 13.6. The third-order valence-electron chi connectivity index (χ3n) is 6.21. The fourth-order valence-electron chi connectivity index (χ4n) is 4.11. The van der Waals surface area contributed by atoms with E-state index in [4.69, 9.17) is 4.74 Å². The number of aryl methyl sites for hydroxylation is 2. The highest BCUT2D eigenvalue weighted by atomic mass is 32.1. The second-order valence-corrected chi connectivity index (χ2v) is 10.8. The molecule has 0 heterocycles. The monoisotopic (exact) mass is 539 g/mol. The highest BCUT2D eigenvalue weighted by Gasteiger charge is 2.38. The smallest absolute Gasteiger partial charge is 0.408 e. The number of amides is 3. The fraction of sp³-hybridized carbons (Fsp3) is 0.433. The Kier molecular flexibility index (Phi) is 11.0. The van der Waals surface area contributed by atoms with Gasteiger partial charge in [-0.15, -0.1) is 0 Å². The van der Waals surface area contributed by atoms with Crippen LogP contribution in [0.25, 0.3) is 6.08 Å². The Morgan fingerprint density at radius 3 is 2.24 bits per heavy atom. The van der Waals surface area contributed by atoms with Crippen LogP contribution in [0.1, 0.15) is 69.3 Å². The summed E-state index contributed by atoms with van der Waals surface area (Å²) in [7, 11) is 0. The van der Waals surface area contributed by atoms with Crippen molar-refractivity contribution in [3.63, 3.8) is 0 Å². The average molecular weight is 540 g/mol. The Morgan fingerprint density at radius 2 is 1.71 bits per heavy atom. The molecule has 3 unspecified atom stereocenters. The Labute approximate surface area is 232 Å². The van der Waals surface area contributed by atoms with E-state index >= 15 is 0 Å². The molecule has 0 saturated heterocycles. The summed E-state index contributed by atoms with van der Waals surface area (Å²) in [6.07, 6.45) is 1.56. The Balaban J connectivity index is 2.59. The molecule has 0 radical (unpaired) electrons. The number of hydrogen-bond donors (Lipinski definition) is 3. The van der Waals surface area contributed by atoms with E-state index < -0.39 is 29.7 Å². The molecular formula is C30H41N3O4S. The van der Waals surface area contributed by atoms with Crippen LogP contribution in [0.4, 0.5) is 10.5 Å². The summed E-state index contributed by atoms with van der Waals surface area (Å²) in [5, 5.41) is 5.71. The molecule has 0 aliphatic rings. The maximum atomic E-state index is 14.0. The van der Waals surface area contributed by atoms with Crippen molar-refractivity contribution in [2.24, 2.45) is 0 Å². The molecule has 2 N–H and O–H groups in total. The number of thiol groups is 1. The van der Waals surface area contributed by atoms with Crippen molar-refractivity contribution in [2.75, 3.05) is 11.1 Å². The number of carbonyl (C=O) groups is 3. The molecule has 3 atom stereocenters. The van der Waals surface area contributed by atoms with Crippen molar-refractivity contribution in [2.45, 2.75) is 78.6 Å². The number of rotatable bonds is 10. The number of hydrogen-bond acceptors (Lipinski definition) is 5. The Morgan fingerprint density at radius 1 is 1.11 bits per heavy atom. The highest BCUT2D eigenvalue weighted by molar-refractivity contribution is 7.80. The molecule has 2 rings (SSSR count). The van der Waals surface area contributed by atoms with Crippen molar-refractivity contribution < 1.29 is 19.1 Å². The summed E-state index contributed by atoms with van der Waals surface area (Å²) in [4.78, 5) is 42.2. The predicted molar refractivity (Wildman–Crippen MR) is 157 cm³/mol. The zero-order valence-electron chi connectivity index (χ0n) is 23.5. The molecule has 206 valence electrons. The summed E-state index contributed by atoms with van der Waals surface area (Å²) in [5.74, 6) is -0.749. The summed E-state index contributed by atoms with van der Waals surface area (Å²) >= 11 is 4.35. The van der Waals surface area contributed by atoms with E-state index in [2.05, 4.69) is 29.8 Å². The number of nitrogens with zero attached hydrogens (tertiary/aromatic N) is 1. The number of benzene rings is 2. The van der Waals surface area contributed by atoms with Crippen molar-refractivity contribution >= 4 is 42.3 Å². The molecule has 3 amide bonds. The van der Waals surface area contributed by atoms with Crippen LogP contribution in [-0.4, -0.2) is 46.2 Å². The Bertz CT molecular complexity index is 1140. The van der Waals surface area contributed by atoms with Crippen LogP contribution in [-0.2, 0) is 14.3 Å². The Hall–Kier alpha value is -3.26. The topological polar surface area (TPSA) is 87.7 Å². The van der Waals surface area contributed by atoms with Gasteiger partial charge in [0, 0.05) is 17.5 Å². The van der Waals surface area contributed by atoms with Gasteiger partial charge in [0.25, 0.3) is 5.91 Å². The van der Waals surface area contributed by atoms with Crippen molar-refractivity contribution in [1.29, 1.82) is 0 Å². The van der Waals surface area contributed by atoms with E-state index in [1.807, 2.05) is 70.2 Å². The van der Waals surface area contributed by atoms with E-state index in [1.54, 1.807) is 31.7 Å². The molecule has 0 aliphatic carbocycles. The van der Waals surface area contributed by atoms with Crippen LogP contribution in [0.15, 0.2) is 49.0 Å². The number of anilines is 1. The lowest BCUT2D eigenvalue weighted by molar-refractivity contribution is -0.142. The number of para-hydroxylation sites is 1. The maximum absolute atomic E-state index is 14.0. The van der Waals surface area contributed by atoms with Gasteiger partial charge in [0.05, 0.1) is 0 Å². The molecule has 2 aromatic rings. The lowest BCUT2D eigenvalue weighted by atomic mass is 9.98. The summed E-state index contributed by atoms with van der Waals surface area (Å²) in [6, 6.07) is 10.9. The van der Waals surface area contributed by atoms with Gasteiger partial charge in [-0.3, -0.25) is 9.59 Å². The SMILES string of the molecule is C=Cc1cccc(C(C(=O)Nc2c(C)cccc2C)N(C(=O)C(CS)NC(=O)OC(C)(C)C)C(C)CC)c1. The minimum atomic E-state index is -1.000. The van der Waals surface area contributed by atoms with Gasteiger partial charge in [0.2, 0.25) is 5.91 Å². The maximum Gasteiger partial charge on any atom is 0.408 e. The van der Waals surface area contributed by atoms with E-state index in [9.17, 15) is 14.4 Å². The van der Waals surface area contributed by atoms with Crippen LogP contribution in [0.2, 0.25) is 0 Å². The van der Waals surface area contributed by atoms with Crippen LogP contribution in [0, 0.1) is 13.8 Å². The van der Waals surface area contributed by atoms with Gasteiger partial charge in [-0.25, -0.2) is 4.79 Å². The number of carbonyl (C=O) groups excluding carboxylic acids is 3.